The second-order valence-corrected chi connectivity index (χ2v) is 6.25. The summed E-state index contributed by atoms with van der Waals surface area (Å²) >= 11 is 0. The molecule has 0 radical (unpaired) electrons. The van der Waals surface area contributed by atoms with E-state index in [1.165, 1.54) is 25.3 Å². The molecule has 8 nitrogen and oxygen atoms in total. The van der Waals surface area contributed by atoms with Gasteiger partial charge < -0.3 is 10.1 Å². The van der Waals surface area contributed by atoms with Crippen LogP contribution in [0, 0.1) is 10.1 Å². The van der Waals surface area contributed by atoms with Crippen LogP contribution < -0.4 is 10.1 Å². The number of ether oxygens (including phenoxy) is 1. The molecule has 0 saturated heterocycles. The fourth-order valence-electron chi connectivity index (χ4n) is 3.06. The molecule has 0 saturated carbocycles. The van der Waals surface area contributed by atoms with Crippen molar-refractivity contribution < 1.29 is 14.5 Å². The van der Waals surface area contributed by atoms with Gasteiger partial charge in [0.15, 0.2) is 0 Å². The monoisotopic (exact) mass is 388 g/mol. The maximum absolute atomic E-state index is 12.6. The Morgan fingerprint density at radius 1 is 1.10 bits per heavy atom. The minimum Gasteiger partial charge on any atom is -0.496 e. The molecule has 29 heavy (non-hydrogen) atoms. The zero-order valence-electron chi connectivity index (χ0n) is 15.4. The highest BCUT2D eigenvalue weighted by molar-refractivity contribution is 6.06. The van der Waals surface area contributed by atoms with Crippen molar-refractivity contribution in [2.75, 3.05) is 12.4 Å². The number of benzene rings is 3. The highest BCUT2D eigenvalue weighted by atomic mass is 16.6. The summed E-state index contributed by atoms with van der Waals surface area (Å²) in [5, 5.41) is 13.7. The van der Waals surface area contributed by atoms with Gasteiger partial charge in [-0.05, 0) is 42.5 Å². The third kappa shape index (κ3) is 3.51. The summed E-state index contributed by atoms with van der Waals surface area (Å²) in [5.74, 6) is -0.235. The molecule has 0 aliphatic heterocycles. The Hall–Kier alpha value is -4.20. The van der Waals surface area contributed by atoms with Crippen molar-refractivity contribution in [3.8, 4) is 11.4 Å². The number of carbonyl (C=O) groups is 1. The van der Waals surface area contributed by atoms with Gasteiger partial charge in [0.1, 0.15) is 12.1 Å². The number of carbonyl (C=O) groups excluding carboxylic acids is 1. The molecule has 1 amide bonds. The molecule has 0 aliphatic carbocycles. The van der Waals surface area contributed by atoms with Crippen LogP contribution in [0.15, 0.2) is 73.1 Å². The Labute approximate surface area is 165 Å². The number of hydrogen-bond donors (Lipinski definition) is 1. The Morgan fingerprint density at radius 2 is 1.86 bits per heavy atom. The van der Waals surface area contributed by atoms with Crippen molar-refractivity contribution in [3.63, 3.8) is 0 Å². The van der Waals surface area contributed by atoms with Gasteiger partial charge in [0, 0.05) is 23.5 Å². The van der Waals surface area contributed by atoms with Crippen LogP contribution in [0.3, 0.4) is 0 Å². The SMILES string of the molecule is COc1ccc([N+](=O)[O-])cc1C(=O)Nc1ccc(-n2cnc3ccccc32)cc1. The highest BCUT2D eigenvalue weighted by Crippen LogP contribution is 2.25. The number of amides is 1. The number of nitro groups is 1. The molecule has 1 heterocycles. The number of nitrogens with zero attached hydrogens (tertiary/aromatic N) is 3. The second kappa shape index (κ2) is 7.43. The van der Waals surface area contributed by atoms with E-state index in [1.807, 2.05) is 41.0 Å². The topological polar surface area (TPSA) is 99.3 Å². The molecular formula is C21H16N4O4. The predicted molar refractivity (Wildman–Crippen MR) is 109 cm³/mol. The fourth-order valence-corrected chi connectivity index (χ4v) is 3.06. The van der Waals surface area contributed by atoms with E-state index >= 15 is 0 Å². The van der Waals surface area contributed by atoms with Gasteiger partial charge in [-0.1, -0.05) is 12.1 Å². The number of non-ortho nitro benzene ring substituents is 1. The number of rotatable bonds is 5. The van der Waals surface area contributed by atoms with Gasteiger partial charge in [-0.25, -0.2) is 4.98 Å². The van der Waals surface area contributed by atoms with Gasteiger partial charge in [-0.3, -0.25) is 19.5 Å². The van der Waals surface area contributed by atoms with E-state index in [9.17, 15) is 14.9 Å². The Morgan fingerprint density at radius 3 is 2.59 bits per heavy atom. The Bertz CT molecular complexity index is 1220. The number of fused-ring (bicyclic) bond motifs is 1. The lowest BCUT2D eigenvalue weighted by Gasteiger charge is -2.10. The lowest BCUT2D eigenvalue weighted by Crippen LogP contribution is -2.13. The number of para-hydroxylation sites is 2. The van der Waals surface area contributed by atoms with E-state index < -0.39 is 10.8 Å². The first-order chi connectivity index (χ1) is 14.1. The summed E-state index contributed by atoms with van der Waals surface area (Å²) < 4.78 is 7.10. The van der Waals surface area contributed by atoms with Crippen LogP contribution in [0.5, 0.6) is 5.75 Å². The van der Waals surface area contributed by atoms with Crippen molar-refractivity contribution >= 4 is 28.3 Å². The number of anilines is 1. The van der Waals surface area contributed by atoms with E-state index in [-0.39, 0.29) is 17.0 Å². The maximum Gasteiger partial charge on any atom is 0.270 e. The summed E-state index contributed by atoms with van der Waals surface area (Å²) in [6.07, 6.45) is 1.74. The molecule has 0 unspecified atom stereocenters. The first-order valence-electron chi connectivity index (χ1n) is 8.73. The molecule has 8 heteroatoms. The third-order valence-electron chi connectivity index (χ3n) is 4.50. The predicted octanol–water partition coefficient (Wildman–Crippen LogP) is 4.19. The van der Waals surface area contributed by atoms with Gasteiger partial charge in [0.25, 0.3) is 11.6 Å². The van der Waals surface area contributed by atoms with E-state index in [4.69, 9.17) is 4.74 Å². The van der Waals surface area contributed by atoms with Gasteiger partial charge in [-0.15, -0.1) is 0 Å². The van der Waals surface area contributed by atoms with E-state index in [0.29, 0.717) is 5.69 Å². The van der Waals surface area contributed by atoms with Crippen LogP contribution in [0.2, 0.25) is 0 Å². The summed E-state index contributed by atoms with van der Waals surface area (Å²) in [5.41, 5.74) is 3.22. The van der Waals surface area contributed by atoms with Crippen LogP contribution in [0.1, 0.15) is 10.4 Å². The Kier molecular flexibility index (Phi) is 4.66. The minimum atomic E-state index is -0.555. The molecule has 0 fully saturated rings. The molecule has 0 spiro atoms. The van der Waals surface area contributed by atoms with Gasteiger partial charge in [0.05, 0.1) is 28.6 Å². The van der Waals surface area contributed by atoms with Crippen molar-refractivity contribution in [3.05, 3.63) is 88.7 Å². The third-order valence-corrected chi connectivity index (χ3v) is 4.50. The van der Waals surface area contributed by atoms with E-state index in [0.717, 1.165) is 16.7 Å². The quantitative estimate of drug-likeness (QED) is 0.408. The van der Waals surface area contributed by atoms with Crippen LogP contribution in [0.25, 0.3) is 16.7 Å². The number of methoxy groups -OCH3 is 1. The second-order valence-electron chi connectivity index (χ2n) is 6.25. The largest absolute Gasteiger partial charge is 0.496 e. The Balaban J connectivity index is 1.58. The molecule has 144 valence electrons. The van der Waals surface area contributed by atoms with Gasteiger partial charge >= 0.3 is 0 Å². The summed E-state index contributed by atoms with van der Waals surface area (Å²) in [4.78, 5) is 27.4. The number of hydrogen-bond acceptors (Lipinski definition) is 5. The van der Waals surface area contributed by atoms with Crippen LogP contribution in [0.4, 0.5) is 11.4 Å². The first-order valence-corrected chi connectivity index (χ1v) is 8.73. The lowest BCUT2D eigenvalue weighted by molar-refractivity contribution is -0.384. The number of imidazole rings is 1. The van der Waals surface area contributed by atoms with E-state index in [2.05, 4.69) is 10.3 Å². The van der Waals surface area contributed by atoms with E-state index in [1.54, 1.807) is 18.5 Å². The average molecular weight is 388 g/mol. The summed E-state index contributed by atoms with van der Waals surface area (Å²) in [7, 11) is 1.40. The number of nitro benzene ring substituents is 1. The first kappa shape index (κ1) is 18.2. The summed E-state index contributed by atoms with van der Waals surface area (Å²) in [6.45, 7) is 0. The highest BCUT2D eigenvalue weighted by Gasteiger charge is 2.17. The molecule has 1 N–H and O–H groups in total. The molecule has 0 aliphatic rings. The van der Waals surface area contributed by atoms with Crippen molar-refractivity contribution in [2.24, 2.45) is 0 Å². The molecule has 4 rings (SSSR count). The standard InChI is InChI=1S/C21H16N4O4/c1-29-20-11-10-16(25(27)28)12-17(20)21(26)23-14-6-8-15(9-7-14)24-13-22-18-4-2-3-5-19(18)24/h2-13H,1H3,(H,23,26). The van der Waals surface area contributed by atoms with Crippen LogP contribution in [-0.2, 0) is 0 Å². The molecule has 0 bridgehead atoms. The lowest BCUT2D eigenvalue weighted by atomic mass is 10.1. The number of nitrogens with one attached hydrogen (secondary N) is 1. The minimum absolute atomic E-state index is 0.0892. The number of aromatic nitrogens is 2. The van der Waals surface area contributed by atoms with Crippen molar-refractivity contribution in [1.82, 2.24) is 9.55 Å². The van der Waals surface area contributed by atoms with Crippen molar-refractivity contribution in [2.45, 2.75) is 0 Å². The average Bonchev–Trinajstić information content (AvgIpc) is 3.18. The zero-order valence-corrected chi connectivity index (χ0v) is 15.4. The molecule has 0 atom stereocenters. The molecule has 4 aromatic rings. The normalized spacial score (nSPS) is 10.7. The summed E-state index contributed by atoms with van der Waals surface area (Å²) in [6, 6.07) is 18.9. The van der Waals surface area contributed by atoms with Gasteiger partial charge in [0.2, 0.25) is 0 Å². The molecular weight excluding hydrogens is 372 g/mol. The zero-order chi connectivity index (χ0) is 20.4. The maximum atomic E-state index is 12.6. The van der Waals surface area contributed by atoms with Crippen LogP contribution in [-0.4, -0.2) is 27.5 Å². The van der Waals surface area contributed by atoms with Crippen LogP contribution >= 0.6 is 0 Å². The molecule has 1 aromatic heterocycles. The molecule has 3 aromatic carbocycles. The smallest absolute Gasteiger partial charge is 0.270 e. The van der Waals surface area contributed by atoms with Crippen molar-refractivity contribution in [1.29, 1.82) is 0 Å². The fraction of sp³-hybridized carbons (Fsp3) is 0.0476. The van der Waals surface area contributed by atoms with Gasteiger partial charge in [-0.2, -0.15) is 0 Å².